The van der Waals surface area contributed by atoms with Gasteiger partial charge in [0.25, 0.3) is 0 Å². The number of morpholine rings is 1. The minimum Gasteiger partial charge on any atom is -0.491 e. The van der Waals surface area contributed by atoms with Crippen LogP contribution in [0.1, 0.15) is 11.1 Å². The standard InChI is InChI=1S/C21H24F3NO3/c22-21(23,24)17-7-4-8-19(12-17)28-15-20-14-25(9-10-27-20)13-18(26)11-16-5-2-1-3-6-16/h1-8,12,18,20,26H,9-11,13-15H2/t18-,20-/m1/s1. The molecule has 0 unspecified atom stereocenters. The maximum Gasteiger partial charge on any atom is 0.416 e. The first kappa shape index (κ1) is 20.6. The van der Waals surface area contributed by atoms with Crippen LogP contribution in [0, 0.1) is 0 Å². The Kier molecular flexibility index (Phi) is 6.93. The molecule has 0 aromatic heterocycles. The highest BCUT2D eigenvalue weighted by Crippen LogP contribution is 2.31. The van der Waals surface area contributed by atoms with E-state index in [4.69, 9.17) is 9.47 Å². The van der Waals surface area contributed by atoms with E-state index in [0.717, 1.165) is 17.7 Å². The predicted octanol–water partition coefficient (Wildman–Crippen LogP) is 3.39. The summed E-state index contributed by atoms with van der Waals surface area (Å²) < 4.78 is 49.5. The maximum atomic E-state index is 12.8. The SMILES string of the molecule is O[C@H](Cc1ccccc1)CN1CCO[C@@H](COc2cccc(C(F)(F)F)c2)C1. The van der Waals surface area contributed by atoms with Gasteiger partial charge in [0.2, 0.25) is 0 Å². The van der Waals surface area contributed by atoms with E-state index in [1.807, 2.05) is 30.3 Å². The molecule has 4 nitrogen and oxygen atoms in total. The molecule has 2 atom stereocenters. The molecule has 0 amide bonds. The predicted molar refractivity (Wildman–Crippen MR) is 99.3 cm³/mol. The molecule has 1 aliphatic heterocycles. The normalized spacial score (nSPS) is 19.4. The second kappa shape index (κ2) is 9.41. The molecule has 1 aliphatic rings. The summed E-state index contributed by atoms with van der Waals surface area (Å²) in [5, 5.41) is 10.3. The number of alkyl halides is 3. The van der Waals surface area contributed by atoms with Crippen molar-refractivity contribution in [2.75, 3.05) is 32.8 Å². The third-order valence-electron chi connectivity index (χ3n) is 4.60. The number of halogens is 3. The van der Waals surface area contributed by atoms with E-state index < -0.39 is 17.8 Å². The van der Waals surface area contributed by atoms with Gasteiger partial charge in [-0.15, -0.1) is 0 Å². The number of hydrogen-bond acceptors (Lipinski definition) is 4. The highest BCUT2D eigenvalue weighted by atomic mass is 19.4. The van der Waals surface area contributed by atoms with Crippen molar-refractivity contribution < 1.29 is 27.8 Å². The Morgan fingerprint density at radius 3 is 2.68 bits per heavy atom. The average Bonchev–Trinajstić information content (AvgIpc) is 2.67. The monoisotopic (exact) mass is 395 g/mol. The van der Waals surface area contributed by atoms with Gasteiger partial charge < -0.3 is 14.6 Å². The van der Waals surface area contributed by atoms with Crippen LogP contribution < -0.4 is 4.74 Å². The van der Waals surface area contributed by atoms with Crippen molar-refractivity contribution >= 4 is 0 Å². The Labute approximate surface area is 162 Å². The third kappa shape index (κ3) is 6.22. The van der Waals surface area contributed by atoms with Crippen LogP contribution in [0.3, 0.4) is 0 Å². The van der Waals surface area contributed by atoms with Crippen LogP contribution in [0.15, 0.2) is 54.6 Å². The summed E-state index contributed by atoms with van der Waals surface area (Å²) in [5.41, 5.74) is 0.341. The fraction of sp³-hybridized carbons (Fsp3) is 0.429. The Morgan fingerprint density at radius 2 is 1.93 bits per heavy atom. The van der Waals surface area contributed by atoms with Crippen molar-refractivity contribution in [3.63, 3.8) is 0 Å². The Balaban J connectivity index is 1.47. The molecular weight excluding hydrogens is 371 g/mol. The van der Waals surface area contributed by atoms with Crippen LogP contribution in [0.25, 0.3) is 0 Å². The molecule has 0 bridgehead atoms. The number of aliphatic hydroxyl groups is 1. The van der Waals surface area contributed by atoms with Crippen molar-refractivity contribution in [1.82, 2.24) is 4.90 Å². The van der Waals surface area contributed by atoms with Gasteiger partial charge in [0.15, 0.2) is 0 Å². The van der Waals surface area contributed by atoms with Gasteiger partial charge in [0, 0.05) is 19.6 Å². The van der Waals surface area contributed by atoms with E-state index in [-0.39, 0.29) is 18.5 Å². The second-order valence-electron chi connectivity index (χ2n) is 6.93. The zero-order chi connectivity index (χ0) is 20.0. The average molecular weight is 395 g/mol. The number of nitrogens with zero attached hydrogens (tertiary/aromatic N) is 1. The summed E-state index contributed by atoms with van der Waals surface area (Å²) in [5.74, 6) is 0.166. The van der Waals surface area contributed by atoms with Gasteiger partial charge in [0.05, 0.1) is 18.3 Å². The van der Waals surface area contributed by atoms with Gasteiger partial charge in [-0.05, 0) is 30.2 Å². The summed E-state index contributed by atoms with van der Waals surface area (Å²) in [6.45, 7) is 2.43. The maximum absolute atomic E-state index is 12.8. The largest absolute Gasteiger partial charge is 0.491 e. The van der Waals surface area contributed by atoms with Gasteiger partial charge in [-0.1, -0.05) is 36.4 Å². The highest BCUT2D eigenvalue weighted by molar-refractivity contribution is 5.30. The lowest BCUT2D eigenvalue weighted by Crippen LogP contribution is -2.47. The zero-order valence-electron chi connectivity index (χ0n) is 15.4. The molecule has 1 N–H and O–H groups in total. The number of ether oxygens (including phenoxy) is 2. The smallest absolute Gasteiger partial charge is 0.416 e. The summed E-state index contributed by atoms with van der Waals surface area (Å²) in [4.78, 5) is 2.09. The Hall–Kier alpha value is -2.09. The molecule has 28 heavy (non-hydrogen) atoms. The molecule has 7 heteroatoms. The number of rotatable bonds is 7. The molecule has 2 aromatic rings. The quantitative estimate of drug-likeness (QED) is 0.781. The number of hydrogen-bond donors (Lipinski definition) is 1. The van der Waals surface area contributed by atoms with Gasteiger partial charge in [-0.25, -0.2) is 0 Å². The Bertz CT molecular complexity index is 739. The lowest BCUT2D eigenvalue weighted by atomic mass is 10.1. The van der Waals surface area contributed by atoms with Crippen molar-refractivity contribution in [2.45, 2.75) is 24.8 Å². The first-order valence-corrected chi connectivity index (χ1v) is 9.26. The lowest BCUT2D eigenvalue weighted by molar-refractivity contribution is -0.137. The molecule has 152 valence electrons. The summed E-state index contributed by atoms with van der Waals surface area (Å²) in [6.07, 6.45) is -4.58. The van der Waals surface area contributed by atoms with Crippen LogP contribution in [0.4, 0.5) is 13.2 Å². The van der Waals surface area contributed by atoms with Crippen LogP contribution in [-0.2, 0) is 17.3 Å². The van der Waals surface area contributed by atoms with Crippen LogP contribution in [-0.4, -0.2) is 55.1 Å². The summed E-state index contributed by atoms with van der Waals surface area (Å²) in [6, 6.07) is 14.6. The number of benzene rings is 2. The summed E-state index contributed by atoms with van der Waals surface area (Å²) >= 11 is 0. The molecule has 0 radical (unpaired) electrons. The molecule has 0 aliphatic carbocycles. The second-order valence-corrected chi connectivity index (χ2v) is 6.93. The van der Waals surface area contributed by atoms with Gasteiger partial charge >= 0.3 is 6.18 Å². The van der Waals surface area contributed by atoms with Crippen molar-refractivity contribution in [2.24, 2.45) is 0 Å². The molecular formula is C21H24F3NO3. The van der Waals surface area contributed by atoms with Crippen molar-refractivity contribution in [3.05, 3.63) is 65.7 Å². The molecule has 3 rings (SSSR count). The van der Waals surface area contributed by atoms with Crippen LogP contribution in [0.2, 0.25) is 0 Å². The van der Waals surface area contributed by atoms with Gasteiger partial charge in [0.1, 0.15) is 18.5 Å². The fourth-order valence-corrected chi connectivity index (χ4v) is 3.25. The number of β-amino-alcohol motifs (C(OH)–C–C–N with tert-alkyl or cyclic N) is 1. The highest BCUT2D eigenvalue weighted by Gasteiger charge is 2.30. The van der Waals surface area contributed by atoms with Crippen LogP contribution >= 0.6 is 0 Å². The minimum atomic E-state index is -4.40. The van der Waals surface area contributed by atoms with Crippen molar-refractivity contribution in [3.8, 4) is 5.75 Å². The topological polar surface area (TPSA) is 41.9 Å². The van der Waals surface area contributed by atoms with E-state index in [2.05, 4.69) is 4.90 Å². The zero-order valence-corrected chi connectivity index (χ0v) is 15.4. The van der Waals surface area contributed by atoms with Gasteiger partial charge in [-0.3, -0.25) is 4.90 Å². The fourth-order valence-electron chi connectivity index (χ4n) is 3.25. The van der Waals surface area contributed by atoms with Gasteiger partial charge in [-0.2, -0.15) is 13.2 Å². The minimum absolute atomic E-state index is 0.159. The van der Waals surface area contributed by atoms with E-state index in [1.165, 1.54) is 12.1 Å². The Morgan fingerprint density at radius 1 is 1.14 bits per heavy atom. The van der Waals surface area contributed by atoms with Crippen molar-refractivity contribution in [1.29, 1.82) is 0 Å². The van der Waals surface area contributed by atoms with E-state index in [1.54, 1.807) is 0 Å². The molecule has 2 aromatic carbocycles. The summed E-state index contributed by atoms with van der Waals surface area (Å²) in [7, 11) is 0. The number of aliphatic hydroxyl groups excluding tert-OH is 1. The van der Waals surface area contributed by atoms with E-state index in [9.17, 15) is 18.3 Å². The molecule has 0 saturated carbocycles. The van der Waals surface area contributed by atoms with E-state index in [0.29, 0.717) is 32.7 Å². The molecule has 1 fully saturated rings. The third-order valence-corrected chi connectivity index (χ3v) is 4.60. The molecule has 1 heterocycles. The molecule has 1 saturated heterocycles. The lowest BCUT2D eigenvalue weighted by Gasteiger charge is -2.34. The first-order chi connectivity index (χ1) is 13.4. The van der Waals surface area contributed by atoms with E-state index >= 15 is 0 Å². The first-order valence-electron chi connectivity index (χ1n) is 9.26. The molecule has 0 spiro atoms. The van der Waals surface area contributed by atoms with Crippen LogP contribution in [0.5, 0.6) is 5.75 Å².